The molecule has 1 saturated heterocycles. The molecule has 0 aliphatic carbocycles. The van der Waals surface area contributed by atoms with E-state index in [1.165, 1.54) is 12.8 Å². The van der Waals surface area contributed by atoms with Crippen LogP contribution in [0.5, 0.6) is 0 Å². The molecular formula is C17H23N5O. The van der Waals surface area contributed by atoms with Crippen molar-refractivity contribution in [3.05, 3.63) is 40.8 Å². The zero-order valence-corrected chi connectivity index (χ0v) is 14.0. The van der Waals surface area contributed by atoms with Crippen LogP contribution in [0, 0.1) is 13.8 Å². The Morgan fingerprint density at radius 1 is 1.26 bits per heavy atom. The summed E-state index contributed by atoms with van der Waals surface area (Å²) in [5, 5.41) is 7.23. The third-order valence-corrected chi connectivity index (χ3v) is 4.43. The van der Waals surface area contributed by atoms with E-state index in [9.17, 15) is 4.79 Å². The third kappa shape index (κ3) is 3.21. The van der Waals surface area contributed by atoms with Gasteiger partial charge < -0.3 is 10.2 Å². The first-order chi connectivity index (χ1) is 11.1. The first kappa shape index (κ1) is 15.5. The van der Waals surface area contributed by atoms with E-state index < -0.39 is 0 Å². The summed E-state index contributed by atoms with van der Waals surface area (Å²) in [6.07, 6.45) is 4.32. The molecular weight excluding hydrogens is 290 g/mol. The lowest BCUT2D eigenvalue weighted by Crippen LogP contribution is -2.24. The molecule has 1 amide bonds. The van der Waals surface area contributed by atoms with Gasteiger partial charge in [-0.3, -0.25) is 9.48 Å². The number of rotatable bonds is 4. The predicted octanol–water partition coefficient (Wildman–Crippen LogP) is 1.96. The summed E-state index contributed by atoms with van der Waals surface area (Å²) >= 11 is 0. The number of aryl methyl sites for hydroxylation is 2. The number of hydrogen-bond acceptors (Lipinski definition) is 4. The maximum atomic E-state index is 12.4. The summed E-state index contributed by atoms with van der Waals surface area (Å²) in [5.41, 5.74) is 3.29. The van der Waals surface area contributed by atoms with E-state index in [-0.39, 0.29) is 5.91 Å². The molecule has 0 radical (unpaired) electrons. The Morgan fingerprint density at radius 2 is 2.00 bits per heavy atom. The van der Waals surface area contributed by atoms with E-state index in [1.807, 2.05) is 39.2 Å². The monoisotopic (exact) mass is 313 g/mol. The lowest BCUT2D eigenvalue weighted by Gasteiger charge is -2.16. The summed E-state index contributed by atoms with van der Waals surface area (Å²) in [6, 6.07) is 4.07. The number of pyridine rings is 1. The standard InChI is InChI=1S/C17H23N5O/c1-12-16(13(2)21(3)20-12)17(23)19-11-14-6-7-15(18-10-14)22-8-4-5-9-22/h6-7,10H,4-5,8-9,11H2,1-3H3,(H,19,23). The quantitative estimate of drug-likeness (QED) is 0.937. The number of hydrogen-bond donors (Lipinski definition) is 1. The second-order valence-electron chi connectivity index (χ2n) is 6.07. The molecule has 0 bridgehead atoms. The van der Waals surface area contributed by atoms with Gasteiger partial charge >= 0.3 is 0 Å². The molecule has 3 rings (SSSR count). The average Bonchev–Trinajstić information content (AvgIpc) is 3.15. The molecule has 0 atom stereocenters. The lowest BCUT2D eigenvalue weighted by atomic mass is 10.2. The predicted molar refractivity (Wildman–Crippen MR) is 89.5 cm³/mol. The highest BCUT2D eigenvalue weighted by molar-refractivity contribution is 5.96. The van der Waals surface area contributed by atoms with Crippen molar-refractivity contribution < 1.29 is 4.79 Å². The van der Waals surface area contributed by atoms with Gasteiger partial charge in [-0.25, -0.2) is 4.98 Å². The van der Waals surface area contributed by atoms with Crippen molar-refractivity contribution in [2.45, 2.75) is 33.2 Å². The van der Waals surface area contributed by atoms with Crippen molar-refractivity contribution >= 4 is 11.7 Å². The van der Waals surface area contributed by atoms with Crippen molar-refractivity contribution in [3.63, 3.8) is 0 Å². The Labute approximate surface area is 136 Å². The molecule has 1 fully saturated rings. The van der Waals surface area contributed by atoms with Gasteiger partial charge in [-0.15, -0.1) is 0 Å². The molecule has 122 valence electrons. The van der Waals surface area contributed by atoms with Gasteiger partial charge in [0.05, 0.1) is 11.3 Å². The summed E-state index contributed by atoms with van der Waals surface area (Å²) in [7, 11) is 1.85. The van der Waals surface area contributed by atoms with Gasteiger partial charge in [0, 0.05) is 38.6 Å². The summed E-state index contributed by atoms with van der Waals surface area (Å²) in [4.78, 5) is 19.2. The molecule has 2 aromatic heterocycles. The van der Waals surface area contributed by atoms with Crippen molar-refractivity contribution in [2.24, 2.45) is 7.05 Å². The van der Waals surface area contributed by atoms with Crippen LogP contribution < -0.4 is 10.2 Å². The van der Waals surface area contributed by atoms with E-state index in [4.69, 9.17) is 0 Å². The van der Waals surface area contributed by atoms with Crippen LogP contribution in [0.15, 0.2) is 18.3 Å². The Kier molecular flexibility index (Phi) is 4.32. The highest BCUT2D eigenvalue weighted by Gasteiger charge is 2.17. The topological polar surface area (TPSA) is 63.1 Å². The van der Waals surface area contributed by atoms with Gasteiger partial charge in [0.15, 0.2) is 0 Å². The van der Waals surface area contributed by atoms with Crippen LogP contribution in [-0.2, 0) is 13.6 Å². The smallest absolute Gasteiger partial charge is 0.255 e. The van der Waals surface area contributed by atoms with E-state index in [0.717, 1.165) is 35.9 Å². The molecule has 6 nitrogen and oxygen atoms in total. The number of anilines is 1. The van der Waals surface area contributed by atoms with Crippen LogP contribution >= 0.6 is 0 Å². The van der Waals surface area contributed by atoms with Crippen molar-refractivity contribution in [2.75, 3.05) is 18.0 Å². The van der Waals surface area contributed by atoms with E-state index in [1.54, 1.807) is 4.68 Å². The van der Waals surface area contributed by atoms with Gasteiger partial charge in [-0.05, 0) is 38.3 Å². The fourth-order valence-electron chi connectivity index (χ4n) is 3.03. The van der Waals surface area contributed by atoms with E-state index in [2.05, 4.69) is 20.3 Å². The van der Waals surface area contributed by atoms with Crippen LogP contribution in [0.25, 0.3) is 0 Å². The molecule has 23 heavy (non-hydrogen) atoms. The summed E-state index contributed by atoms with van der Waals surface area (Å²) in [6.45, 7) is 6.40. The lowest BCUT2D eigenvalue weighted by molar-refractivity contribution is 0.0949. The molecule has 0 aromatic carbocycles. The number of amides is 1. The van der Waals surface area contributed by atoms with Gasteiger partial charge in [0.25, 0.3) is 5.91 Å². The fourth-order valence-corrected chi connectivity index (χ4v) is 3.03. The van der Waals surface area contributed by atoms with Crippen molar-refractivity contribution in [3.8, 4) is 0 Å². The van der Waals surface area contributed by atoms with Crippen LogP contribution in [0.2, 0.25) is 0 Å². The van der Waals surface area contributed by atoms with Gasteiger partial charge in [0.2, 0.25) is 0 Å². The molecule has 1 N–H and O–H groups in total. The van der Waals surface area contributed by atoms with Gasteiger partial charge in [-0.2, -0.15) is 5.10 Å². The Bertz CT molecular complexity index is 699. The maximum Gasteiger partial charge on any atom is 0.255 e. The van der Waals surface area contributed by atoms with Crippen LogP contribution in [0.4, 0.5) is 5.82 Å². The minimum atomic E-state index is -0.0864. The molecule has 0 unspecified atom stereocenters. The minimum absolute atomic E-state index is 0.0864. The van der Waals surface area contributed by atoms with Crippen LogP contribution in [0.3, 0.4) is 0 Å². The Hall–Kier alpha value is -2.37. The number of nitrogens with zero attached hydrogens (tertiary/aromatic N) is 4. The second-order valence-corrected chi connectivity index (χ2v) is 6.07. The molecule has 1 aliphatic rings. The summed E-state index contributed by atoms with van der Waals surface area (Å²) < 4.78 is 1.73. The first-order valence-electron chi connectivity index (χ1n) is 8.04. The van der Waals surface area contributed by atoms with Crippen LogP contribution in [-0.4, -0.2) is 33.8 Å². The van der Waals surface area contributed by atoms with Crippen LogP contribution in [0.1, 0.15) is 40.2 Å². The maximum absolute atomic E-state index is 12.4. The van der Waals surface area contributed by atoms with Gasteiger partial charge in [0.1, 0.15) is 5.82 Å². The van der Waals surface area contributed by atoms with Crippen molar-refractivity contribution in [1.29, 1.82) is 0 Å². The molecule has 0 saturated carbocycles. The Balaban J connectivity index is 1.62. The fraction of sp³-hybridized carbons (Fsp3) is 0.471. The largest absolute Gasteiger partial charge is 0.357 e. The zero-order valence-electron chi connectivity index (χ0n) is 14.0. The van der Waals surface area contributed by atoms with Crippen molar-refractivity contribution in [1.82, 2.24) is 20.1 Å². The van der Waals surface area contributed by atoms with E-state index in [0.29, 0.717) is 12.1 Å². The SMILES string of the molecule is Cc1nn(C)c(C)c1C(=O)NCc1ccc(N2CCCC2)nc1. The Morgan fingerprint density at radius 3 is 2.57 bits per heavy atom. The number of aromatic nitrogens is 3. The molecule has 1 aliphatic heterocycles. The molecule has 3 heterocycles. The molecule has 0 spiro atoms. The third-order valence-electron chi connectivity index (χ3n) is 4.43. The summed E-state index contributed by atoms with van der Waals surface area (Å²) in [5.74, 6) is 0.938. The van der Waals surface area contributed by atoms with E-state index >= 15 is 0 Å². The minimum Gasteiger partial charge on any atom is -0.357 e. The average molecular weight is 313 g/mol. The normalized spacial score (nSPS) is 14.3. The number of nitrogens with one attached hydrogen (secondary N) is 1. The zero-order chi connectivity index (χ0) is 16.4. The van der Waals surface area contributed by atoms with Gasteiger partial charge in [-0.1, -0.05) is 6.07 Å². The number of carbonyl (C=O) groups excluding carboxylic acids is 1. The first-order valence-corrected chi connectivity index (χ1v) is 8.04. The molecule has 6 heteroatoms. The highest BCUT2D eigenvalue weighted by Crippen LogP contribution is 2.17. The highest BCUT2D eigenvalue weighted by atomic mass is 16.1. The molecule has 2 aromatic rings. The second kappa shape index (κ2) is 6.40. The number of carbonyl (C=O) groups is 1.